The van der Waals surface area contributed by atoms with Crippen LogP contribution < -0.4 is 0 Å². The van der Waals surface area contributed by atoms with E-state index in [0.717, 1.165) is 37.2 Å². The minimum Gasteiger partial charge on any atom is -0.391 e. The fourth-order valence-corrected chi connectivity index (χ4v) is 4.57. The average molecular weight is 239 g/mol. The van der Waals surface area contributed by atoms with Gasteiger partial charge in [0.05, 0.1) is 17.6 Å². The standard InChI is InChI=1S/C13H21NOS/c1-10-3-2-5-13(7-10,9-14)12(15)11-4-6-16-8-11/h10-12,15H,2-8H2,1H3. The van der Waals surface area contributed by atoms with E-state index in [4.69, 9.17) is 0 Å². The molecule has 4 unspecified atom stereocenters. The van der Waals surface area contributed by atoms with Gasteiger partial charge in [0.15, 0.2) is 0 Å². The highest BCUT2D eigenvalue weighted by Gasteiger charge is 2.45. The second-order valence-corrected chi connectivity index (χ2v) is 6.69. The third-order valence-electron chi connectivity index (χ3n) is 4.23. The van der Waals surface area contributed by atoms with Crippen LogP contribution >= 0.6 is 11.8 Å². The smallest absolute Gasteiger partial charge is 0.0837 e. The molecule has 0 radical (unpaired) electrons. The predicted molar refractivity (Wildman–Crippen MR) is 67.1 cm³/mol. The molecule has 1 heterocycles. The van der Waals surface area contributed by atoms with Crippen molar-refractivity contribution < 1.29 is 5.11 Å². The van der Waals surface area contributed by atoms with E-state index < -0.39 is 11.5 Å². The molecule has 0 aromatic rings. The van der Waals surface area contributed by atoms with E-state index in [1.165, 1.54) is 6.42 Å². The zero-order chi connectivity index (χ0) is 11.6. The zero-order valence-electron chi connectivity index (χ0n) is 9.98. The quantitative estimate of drug-likeness (QED) is 0.806. The fourth-order valence-electron chi connectivity index (χ4n) is 3.28. The molecule has 0 bridgehead atoms. The molecule has 0 amide bonds. The lowest BCUT2D eigenvalue weighted by molar-refractivity contribution is -0.0104. The first-order chi connectivity index (χ1) is 7.68. The summed E-state index contributed by atoms with van der Waals surface area (Å²) in [5, 5.41) is 20.0. The molecule has 0 aromatic carbocycles. The molecule has 2 rings (SSSR count). The van der Waals surface area contributed by atoms with Crippen LogP contribution in [0.2, 0.25) is 0 Å². The van der Waals surface area contributed by atoms with E-state index in [2.05, 4.69) is 13.0 Å². The topological polar surface area (TPSA) is 44.0 Å². The number of rotatable bonds is 2. The molecule has 0 spiro atoms. The van der Waals surface area contributed by atoms with Gasteiger partial charge in [-0.3, -0.25) is 0 Å². The number of nitrogens with zero attached hydrogens (tertiary/aromatic N) is 1. The molecular weight excluding hydrogens is 218 g/mol. The Morgan fingerprint density at radius 2 is 2.31 bits per heavy atom. The van der Waals surface area contributed by atoms with Crippen molar-refractivity contribution in [3.63, 3.8) is 0 Å². The molecule has 1 aliphatic carbocycles. The van der Waals surface area contributed by atoms with Crippen LogP contribution in [-0.4, -0.2) is 22.7 Å². The Morgan fingerprint density at radius 1 is 1.50 bits per heavy atom. The first-order valence-electron chi connectivity index (χ1n) is 6.35. The Morgan fingerprint density at radius 3 is 2.88 bits per heavy atom. The summed E-state index contributed by atoms with van der Waals surface area (Å²) in [4.78, 5) is 0. The maximum Gasteiger partial charge on any atom is 0.0837 e. The van der Waals surface area contributed by atoms with Gasteiger partial charge in [0.1, 0.15) is 0 Å². The van der Waals surface area contributed by atoms with Gasteiger partial charge in [-0.15, -0.1) is 0 Å². The molecule has 90 valence electrons. The van der Waals surface area contributed by atoms with E-state index in [1.807, 2.05) is 11.8 Å². The van der Waals surface area contributed by atoms with Crippen LogP contribution in [0.4, 0.5) is 0 Å². The normalized spacial score (nSPS) is 41.6. The summed E-state index contributed by atoms with van der Waals surface area (Å²) in [7, 11) is 0. The van der Waals surface area contributed by atoms with Crippen LogP contribution in [0.5, 0.6) is 0 Å². The zero-order valence-corrected chi connectivity index (χ0v) is 10.8. The number of hydrogen-bond acceptors (Lipinski definition) is 3. The highest BCUT2D eigenvalue weighted by Crippen LogP contribution is 2.45. The Balaban J connectivity index is 2.10. The van der Waals surface area contributed by atoms with Crippen LogP contribution in [0.25, 0.3) is 0 Å². The van der Waals surface area contributed by atoms with Gasteiger partial charge in [-0.1, -0.05) is 19.8 Å². The summed E-state index contributed by atoms with van der Waals surface area (Å²) < 4.78 is 0. The summed E-state index contributed by atoms with van der Waals surface area (Å²) in [6.45, 7) is 2.21. The lowest BCUT2D eigenvalue weighted by atomic mass is 9.65. The molecule has 0 aromatic heterocycles. The lowest BCUT2D eigenvalue weighted by Gasteiger charge is -2.40. The van der Waals surface area contributed by atoms with Gasteiger partial charge in [0.2, 0.25) is 0 Å². The Labute approximate surface area is 102 Å². The first-order valence-corrected chi connectivity index (χ1v) is 7.50. The monoisotopic (exact) mass is 239 g/mol. The summed E-state index contributed by atoms with van der Waals surface area (Å²) in [6.07, 6.45) is 4.81. The minimum absolute atomic E-state index is 0.356. The van der Waals surface area contributed by atoms with Crippen molar-refractivity contribution in [3.8, 4) is 6.07 Å². The molecule has 16 heavy (non-hydrogen) atoms. The third kappa shape index (κ3) is 2.24. The number of aliphatic hydroxyl groups excluding tert-OH is 1. The van der Waals surface area contributed by atoms with Crippen molar-refractivity contribution in [2.75, 3.05) is 11.5 Å². The van der Waals surface area contributed by atoms with Crippen molar-refractivity contribution in [3.05, 3.63) is 0 Å². The van der Waals surface area contributed by atoms with Crippen LogP contribution in [-0.2, 0) is 0 Å². The van der Waals surface area contributed by atoms with E-state index in [9.17, 15) is 10.4 Å². The van der Waals surface area contributed by atoms with Crippen molar-refractivity contribution >= 4 is 11.8 Å². The van der Waals surface area contributed by atoms with Crippen LogP contribution in [0.1, 0.15) is 39.0 Å². The average Bonchev–Trinajstić information content (AvgIpc) is 2.81. The second-order valence-electron chi connectivity index (χ2n) is 5.54. The summed E-state index contributed by atoms with van der Waals surface area (Å²) in [5.41, 5.74) is -0.437. The van der Waals surface area contributed by atoms with Gasteiger partial charge in [0.25, 0.3) is 0 Å². The highest BCUT2D eigenvalue weighted by atomic mass is 32.2. The summed E-state index contributed by atoms with van der Waals surface area (Å²) in [5.74, 6) is 3.14. The van der Waals surface area contributed by atoms with E-state index in [0.29, 0.717) is 11.8 Å². The number of aliphatic hydroxyl groups is 1. The molecule has 1 saturated heterocycles. The minimum atomic E-state index is -0.437. The molecule has 2 fully saturated rings. The van der Waals surface area contributed by atoms with Gasteiger partial charge < -0.3 is 5.11 Å². The van der Waals surface area contributed by atoms with Crippen LogP contribution in [0.3, 0.4) is 0 Å². The van der Waals surface area contributed by atoms with Crippen LogP contribution in [0, 0.1) is 28.6 Å². The Kier molecular flexibility index (Phi) is 3.81. The largest absolute Gasteiger partial charge is 0.391 e. The number of nitriles is 1. The SMILES string of the molecule is CC1CCCC(C#N)(C(O)C2CCSC2)C1. The summed E-state index contributed by atoms with van der Waals surface area (Å²) >= 11 is 1.92. The van der Waals surface area contributed by atoms with Gasteiger partial charge in [-0.2, -0.15) is 17.0 Å². The molecule has 1 N–H and O–H groups in total. The number of thioether (sulfide) groups is 1. The van der Waals surface area contributed by atoms with E-state index >= 15 is 0 Å². The Bertz CT molecular complexity index is 282. The van der Waals surface area contributed by atoms with Gasteiger partial charge in [-0.05, 0) is 42.6 Å². The van der Waals surface area contributed by atoms with Crippen molar-refractivity contribution in [2.24, 2.45) is 17.3 Å². The highest BCUT2D eigenvalue weighted by molar-refractivity contribution is 7.99. The lowest BCUT2D eigenvalue weighted by Crippen LogP contribution is -2.42. The molecule has 4 atom stereocenters. The second kappa shape index (κ2) is 4.98. The van der Waals surface area contributed by atoms with Gasteiger partial charge >= 0.3 is 0 Å². The van der Waals surface area contributed by atoms with Crippen molar-refractivity contribution in [1.29, 1.82) is 5.26 Å². The molecule has 1 saturated carbocycles. The predicted octanol–water partition coefficient (Wildman–Crippen LogP) is 2.82. The molecule has 2 aliphatic rings. The van der Waals surface area contributed by atoms with E-state index in [-0.39, 0.29) is 0 Å². The molecular formula is C13H21NOS. The molecule has 3 heteroatoms. The maximum atomic E-state index is 10.5. The van der Waals surface area contributed by atoms with Crippen molar-refractivity contribution in [2.45, 2.75) is 45.1 Å². The molecule has 2 nitrogen and oxygen atoms in total. The molecule has 1 aliphatic heterocycles. The Hall–Kier alpha value is -0.200. The third-order valence-corrected chi connectivity index (χ3v) is 5.42. The van der Waals surface area contributed by atoms with Crippen molar-refractivity contribution in [1.82, 2.24) is 0 Å². The van der Waals surface area contributed by atoms with Gasteiger partial charge in [-0.25, -0.2) is 0 Å². The first kappa shape index (κ1) is 12.3. The van der Waals surface area contributed by atoms with Crippen LogP contribution in [0.15, 0.2) is 0 Å². The maximum absolute atomic E-state index is 10.5. The number of hydrogen-bond donors (Lipinski definition) is 1. The van der Waals surface area contributed by atoms with Gasteiger partial charge in [0, 0.05) is 0 Å². The summed E-state index contributed by atoms with van der Waals surface area (Å²) in [6, 6.07) is 2.47. The fraction of sp³-hybridized carbons (Fsp3) is 0.923. The van der Waals surface area contributed by atoms with E-state index in [1.54, 1.807) is 0 Å².